The van der Waals surface area contributed by atoms with Crippen molar-refractivity contribution in [2.75, 3.05) is 23.7 Å². The van der Waals surface area contributed by atoms with Gasteiger partial charge in [-0.25, -0.2) is 0 Å². The summed E-state index contributed by atoms with van der Waals surface area (Å²) in [6.45, 7) is 9.20. The van der Waals surface area contributed by atoms with Gasteiger partial charge in [-0.05, 0) is 51.5 Å². The third-order valence-corrected chi connectivity index (χ3v) is 2.58. The predicted octanol–water partition coefficient (Wildman–Crippen LogP) is 2.17. The summed E-state index contributed by atoms with van der Waals surface area (Å²) in [5, 5.41) is 9.84. The van der Waals surface area contributed by atoms with Gasteiger partial charge in [-0.1, -0.05) is 0 Å². The summed E-state index contributed by atoms with van der Waals surface area (Å²) in [6.07, 6.45) is 0. The largest absolute Gasteiger partial charge is 0.399 e. The molecule has 3 heteroatoms. The van der Waals surface area contributed by atoms with Crippen LogP contribution in [0.25, 0.3) is 0 Å². The van der Waals surface area contributed by atoms with Crippen LogP contribution in [-0.4, -0.2) is 23.8 Å². The first-order chi connectivity index (χ1) is 7.33. The third kappa shape index (κ3) is 3.42. The number of aryl methyl sites for hydroxylation is 1. The molecule has 0 spiro atoms. The van der Waals surface area contributed by atoms with Gasteiger partial charge in [0.1, 0.15) is 0 Å². The fourth-order valence-corrected chi connectivity index (χ4v) is 1.71. The van der Waals surface area contributed by atoms with Crippen LogP contribution in [0.15, 0.2) is 18.2 Å². The molecule has 0 bridgehead atoms. The smallest absolute Gasteiger partial charge is 0.0765 e. The van der Waals surface area contributed by atoms with Crippen LogP contribution < -0.4 is 10.6 Å². The predicted molar refractivity (Wildman–Crippen MR) is 69.8 cm³/mol. The zero-order valence-corrected chi connectivity index (χ0v) is 10.6. The highest BCUT2D eigenvalue weighted by Crippen LogP contribution is 2.21. The van der Waals surface area contributed by atoms with Gasteiger partial charge in [0.25, 0.3) is 0 Å². The van der Waals surface area contributed by atoms with E-state index in [-0.39, 0.29) is 0 Å². The molecule has 0 amide bonds. The Morgan fingerprint density at radius 3 is 2.44 bits per heavy atom. The summed E-state index contributed by atoms with van der Waals surface area (Å²) >= 11 is 0. The molecule has 0 fully saturated rings. The Kier molecular flexibility index (Phi) is 3.81. The summed E-state index contributed by atoms with van der Waals surface area (Å²) in [6, 6.07) is 5.97. The van der Waals surface area contributed by atoms with Crippen molar-refractivity contribution < 1.29 is 5.11 Å². The van der Waals surface area contributed by atoms with E-state index in [0.29, 0.717) is 6.54 Å². The summed E-state index contributed by atoms with van der Waals surface area (Å²) in [5.41, 5.74) is 8.09. The third-order valence-electron chi connectivity index (χ3n) is 2.58. The standard InChI is InChI=1S/C13H22N2O/c1-5-15(9-13(3,4)16)11-6-7-12(14)10(2)8-11/h6-8,16H,5,9,14H2,1-4H3. The quantitative estimate of drug-likeness (QED) is 0.768. The SMILES string of the molecule is CCN(CC(C)(C)O)c1ccc(N)c(C)c1. The maximum absolute atomic E-state index is 9.84. The van der Waals surface area contributed by atoms with E-state index >= 15 is 0 Å². The molecule has 1 aromatic carbocycles. The lowest BCUT2D eigenvalue weighted by Gasteiger charge is -2.30. The summed E-state index contributed by atoms with van der Waals surface area (Å²) in [4.78, 5) is 2.15. The summed E-state index contributed by atoms with van der Waals surface area (Å²) < 4.78 is 0. The molecule has 0 aromatic heterocycles. The second kappa shape index (κ2) is 4.74. The Balaban J connectivity index is 2.91. The van der Waals surface area contributed by atoms with Gasteiger partial charge in [-0.2, -0.15) is 0 Å². The minimum absolute atomic E-state index is 0.618. The number of nitrogen functional groups attached to an aromatic ring is 1. The summed E-state index contributed by atoms with van der Waals surface area (Å²) in [7, 11) is 0. The second-order valence-electron chi connectivity index (χ2n) is 4.87. The molecule has 1 rings (SSSR count). The number of aliphatic hydroxyl groups is 1. The molecule has 0 saturated carbocycles. The average Bonchev–Trinajstić information content (AvgIpc) is 2.17. The highest BCUT2D eigenvalue weighted by Gasteiger charge is 2.17. The van der Waals surface area contributed by atoms with Crippen LogP contribution in [0.2, 0.25) is 0 Å². The van der Waals surface area contributed by atoms with Crippen LogP contribution in [0.1, 0.15) is 26.3 Å². The van der Waals surface area contributed by atoms with E-state index in [1.54, 1.807) is 0 Å². The van der Waals surface area contributed by atoms with Gasteiger partial charge in [0.2, 0.25) is 0 Å². The van der Waals surface area contributed by atoms with Crippen molar-refractivity contribution >= 4 is 11.4 Å². The first-order valence-corrected chi connectivity index (χ1v) is 5.67. The summed E-state index contributed by atoms with van der Waals surface area (Å²) in [5.74, 6) is 0. The minimum atomic E-state index is -0.689. The van der Waals surface area contributed by atoms with Crippen LogP contribution in [0, 0.1) is 6.92 Å². The Morgan fingerprint density at radius 1 is 1.38 bits per heavy atom. The molecule has 90 valence electrons. The van der Waals surface area contributed by atoms with Gasteiger partial charge in [-0.15, -0.1) is 0 Å². The van der Waals surface area contributed by atoms with E-state index in [1.165, 1.54) is 0 Å². The van der Waals surface area contributed by atoms with Crippen LogP contribution in [0.5, 0.6) is 0 Å². The molecule has 0 aliphatic carbocycles. The Morgan fingerprint density at radius 2 is 2.00 bits per heavy atom. The second-order valence-corrected chi connectivity index (χ2v) is 4.87. The van der Waals surface area contributed by atoms with Gasteiger partial charge in [0.15, 0.2) is 0 Å². The van der Waals surface area contributed by atoms with Gasteiger partial charge >= 0.3 is 0 Å². The zero-order chi connectivity index (χ0) is 12.3. The van der Waals surface area contributed by atoms with Crippen molar-refractivity contribution in [3.05, 3.63) is 23.8 Å². The Labute approximate surface area is 97.9 Å². The van der Waals surface area contributed by atoms with E-state index in [2.05, 4.69) is 17.9 Å². The van der Waals surface area contributed by atoms with Crippen molar-refractivity contribution in [2.45, 2.75) is 33.3 Å². The van der Waals surface area contributed by atoms with Gasteiger partial charge in [0, 0.05) is 24.5 Å². The molecule has 0 saturated heterocycles. The minimum Gasteiger partial charge on any atom is -0.399 e. The van der Waals surface area contributed by atoms with Gasteiger partial charge in [0.05, 0.1) is 5.60 Å². The average molecular weight is 222 g/mol. The molecule has 1 aromatic rings. The van der Waals surface area contributed by atoms with Crippen LogP contribution in [-0.2, 0) is 0 Å². The number of benzene rings is 1. The number of hydrogen-bond acceptors (Lipinski definition) is 3. The Hall–Kier alpha value is -1.22. The van der Waals surface area contributed by atoms with Gasteiger partial charge in [-0.3, -0.25) is 0 Å². The molecule has 0 radical (unpaired) electrons. The molecule has 3 nitrogen and oxygen atoms in total. The van der Waals surface area contributed by atoms with Crippen LogP contribution in [0.3, 0.4) is 0 Å². The lowest BCUT2D eigenvalue weighted by atomic mass is 10.1. The van der Waals surface area contributed by atoms with Crippen molar-refractivity contribution in [1.82, 2.24) is 0 Å². The fourth-order valence-electron chi connectivity index (χ4n) is 1.71. The molecule has 0 unspecified atom stereocenters. The number of nitrogens with zero attached hydrogens (tertiary/aromatic N) is 1. The number of anilines is 2. The fraction of sp³-hybridized carbons (Fsp3) is 0.538. The van der Waals surface area contributed by atoms with Crippen LogP contribution in [0.4, 0.5) is 11.4 Å². The number of nitrogens with two attached hydrogens (primary N) is 1. The van der Waals surface area contributed by atoms with Crippen molar-refractivity contribution in [2.24, 2.45) is 0 Å². The highest BCUT2D eigenvalue weighted by molar-refractivity contribution is 5.58. The first kappa shape index (κ1) is 12.8. The Bertz CT molecular complexity index is 355. The highest BCUT2D eigenvalue weighted by atomic mass is 16.3. The normalized spacial score (nSPS) is 11.6. The zero-order valence-electron chi connectivity index (χ0n) is 10.6. The molecular formula is C13H22N2O. The van der Waals surface area contributed by atoms with Gasteiger partial charge < -0.3 is 15.7 Å². The van der Waals surface area contributed by atoms with E-state index in [9.17, 15) is 5.11 Å². The molecule has 0 heterocycles. The maximum Gasteiger partial charge on any atom is 0.0765 e. The first-order valence-electron chi connectivity index (χ1n) is 5.67. The monoisotopic (exact) mass is 222 g/mol. The van der Waals surface area contributed by atoms with Crippen molar-refractivity contribution in [3.8, 4) is 0 Å². The number of hydrogen-bond donors (Lipinski definition) is 2. The lowest BCUT2D eigenvalue weighted by Crippen LogP contribution is -2.38. The number of rotatable bonds is 4. The molecule has 0 aliphatic rings. The maximum atomic E-state index is 9.84. The number of likely N-dealkylation sites (N-methyl/N-ethyl adjacent to an activating group) is 1. The molecular weight excluding hydrogens is 200 g/mol. The van der Waals surface area contributed by atoms with Crippen molar-refractivity contribution in [1.29, 1.82) is 0 Å². The van der Waals surface area contributed by atoms with Crippen LogP contribution >= 0.6 is 0 Å². The topological polar surface area (TPSA) is 49.5 Å². The van der Waals surface area contributed by atoms with E-state index in [4.69, 9.17) is 5.73 Å². The molecule has 0 aliphatic heterocycles. The van der Waals surface area contributed by atoms with E-state index in [0.717, 1.165) is 23.5 Å². The van der Waals surface area contributed by atoms with Crippen molar-refractivity contribution in [3.63, 3.8) is 0 Å². The molecule has 3 N–H and O–H groups in total. The lowest BCUT2D eigenvalue weighted by molar-refractivity contribution is 0.0876. The molecule has 16 heavy (non-hydrogen) atoms. The molecule has 0 atom stereocenters. The van der Waals surface area contributed by atoms with E-state index < -0.39 is 5.60 Å². The van der Waals surface area contributed by atoms with E-state index in [1.807, 2.05) is 32.9 Å².